The van der Waals surface area contributed by atoms with Crippen LogP contribution in [0.15, 0.2) is 48.5 Å². The number of nitrogens with zero attached hydrogens (tertiary/aromatic N) is 2. The molecule has 1 fully saturated rings. The van der Waals surface area contributed by atoms with Crippen LogP contribution in [0.25, 0.3) is 11.1 Å². The SMILES string of the molecule is Cc1ccccc1-c1cccc(NC(=O)NCC[C@H](C)N2CCN(C)CC2)c1. The van der Waals surface area contributed by atoms with Crippen molar-refractivity contribution in [3.63, 3.8) is 0 Å². The van der Waals surface area contributed by atoms with E-state index in [4.69, 9.17) is 0 Å². The van der Waals surface area contributed by atoms with E-state index in [1.165, 1.54) is 11.1 Å². The second-order valence-electron chi connectivity index (χ2n) is 7.75. The summed E-state index contributed by atoms with van der Waals surface area (Å²) in [7, 11) is 2.17. The number of piperazine rings is 1. The lowest BCUT2D eigenvalue weighted by Gasteiger charge is -2.36. The summed E-state index contributed by atoms with van der Waals surface area (Å²) in [4.78, 5) is 17.2. The fourth-order valence-corrected chi connectivity index (χ4v) is 3.68. The van der Waals surface area contributed by atoms with E-state index in [1.807, 2.05) is 30.3 Å². The summed E-state index contributed by atoms with van der Waals surface area (Å²) >= 11 is 0. The lowest BCUT2D eigenvalue weighted by Crippen LogP contribution is -2.48. The molecule has 0 unspecified atom stereocenters. The van der Waals surface area contributed by atoms with Crippen LogP contribution in [-0.2, 0) is 0 Å². The minimum Gasteiger partial charge on any atom is -0.338 e. The summed E-state index contributed by atoms with van der Waals surface area (Å²) in [5, 5.41) is 5.95. The standard InChI is InChI=1S/C23H32N4O/c1-18-7-4-5-10-22(18)20-8-6-9-21(17-20)25-23(28)24-12-11-19(2)27-15-13-26(3)14-16-27/h4-10,17,19H,11-16H2,1-3H3,(H2,24,25,28)/t19-/m0/s1. The third-order valence-electron chi connectivity index (χ3n) is 5.59. The van der Waals surface area contributed by atoms with E-state index in [9.17, 15) is 4.79 Å². The zero-order valence-corrected chi connectivity index (χ0v) is 17.2. The Bertz CT molecular complexity index is 784. The van der Waals surface area contributed by atoms with Gasteiger partial charge in [0.2, 0.25) is 0 Å². The Morgan fingerprint density at radius 1 is 1.07 bits per heavy atom. The lowest BCUT2D eigenvalue weighted by molar-refractivity contribution is 0.115. The molecule has 2 amide bonds. The number of hydrogen-bond acceptors (Lipinski definition) is 3. The Kier molecular flexibility index (Phi) is 7.06. The number of benzene rings is 2. The predicted octanol–water partition coefficient (Wildman–Crippen LogP) is 3.81. The fourth-order valence-electron chi connectivity index (χ4n) is 3.68. The van der Waals surface area contributed by atoms with Gasteiger partial charge in [-0.2, -0.15) is 0 Å². The van der Waals surface area contributed by atoms with Crippen molar-refractivity contribution in [3.8, 4) is 11.1 Å². The zero-order valence-electron chi connectivity index (χ0n) is 17.2. The number of urea groups is 1. The first-order chi connectivity index (χ1) is 13.5. The fraction of sp³-hybridized carbons (Fsp3) is 0.435. The Balaban J connectivity index is 1.47. The van der Waals surface area contributed by atoms with Gasteiger partial charge < -0.3 is 15.5 Å². The largest absolute Gasteiger partial charge is 0.338 e. The van der Waals surface area contributed by atoms with Gasteiger partial charge in [0, 0.05) is 44.5 Å². The molecule has 1 atom stereocenters. The van der Waals surface area contributed by atoms with E-state index < -0.39 is 0 Å². The van der Waals surface area contributed by atoms with E-state index in [0.717, 1.165) is 43.9 Å². The first kappa shape index (κ1) is 20.4. The molecule has 2 N–H and O–H groups in total. The van der Waals surface area contributed by atoms with Gasteiger partial charge in [0.15, 0.2) is 0 Å². The van der Waals surface area contributed by atoms with Gasteiger partial charge in [-0.05, 0) is 56.1 Å². The lowest BCUT2D eigenvalue weighted by atomic mass is 10.0. The number of hydrogen-bond donors (Lipinski definition) is 2. The predicted molar refractivity (Wildman–Crippen MR) is 117 cm³/mol. The third kappa shape index (κ3) is 5.57. The zero-order chi connectivity index (χ0) is 19.9. The molecule has 1 heterocycles. The van der Waals surface area contributed by atoms with Crippen molar-refractivity contribution in [1.29, 1.82) is 0 Å². The monoisotopic (exact) mass is 380 g/mol. The van der Waals surface area contributed by atoms with Crippen LogP contribution < -0.4 is 10.6 Å². The van der Waals surface area contributed by atoms with E-state index >= 15 is 0 Å². The van der Waals surface area contributed by atoms with Crippen LogP contribution in [0.1, 0.15) is 18.9 Å². The number of carbonyl (C=O) groups excluding carboxylic acids is 1. The highest BCUT2D eigenvalue weighted by Crippen LogP contribution is 2.25. The van der Waals surface area contributed by atoms with Crippen LogP contribution in [0, 0.1) is 6.92 Å². The maximum absolute atomic E-state index is 12.3. The summed E-state index contributed by atoms with van der Waals surface area (Å²) in [5.74, 6) is 0. The minimum absolute atomic E-state index is 0.146. The number of carbonyl (C=O) groups is 1. The van der Waals surface area contributed by atoms with Gasteiger partial charge in [0.05, 0.1) is 0 Å². The number of aryl methyl sites for hydroxylation is 1. The molecule has 5 heteroatoms. The number of anilines is 1. The van der Waals surface area contributed by atoms with Gasteiger partial charge in [0.25, 0.3) is 0 Å². The number of likely N-dealkylation sites (N-methyl/N-ethyl adjacent to an activating group) is 1. The molecule has 0 aliphatic carbocycles. The van der Waals surface area contributed by atoms with Crippen molar-refractivity contribution in [2.45, 2.75) is 26.3 Å². The molecular weight excluding hydrogens is 348 g/mol. The molecule has 28 heavy (non-hydrogen) atoms. The summed E-state index contributed by atoms with van der Waals surface area (Å²) in [6.45, 7) is 9.48. The Morgan fingerprint density at radius 3 is 2.57 bits per heavy atom. The molecule has 0 aromatic heterocycles. The van der Waals surface area contributed by atoms with Crippen LogP contribution in [0.4, 0.5) is 10.5 Å². The van der Waals surface area contributed by atoms with Crippen LogP contribution in [0.2, 0.25) is 0 Å². The molecule has 5 nitrogen and oxygen atoms in total. The molecule has 150 valence electrons. The highest BCUT2D eigenvalue weighted by molar-refractivity contribution is 5.90. The quantitative estimate of drug-likeness (QED) is 0.801. The maximum Gasteiger partial charge on any atom is 0.319 e. The Labute approximate surface area is 168 Å². The normalized spacial score (nSPS) is 16.5. The molecule has 3 rings (SSSR count). The van der Waals surface area contributed by atoms with E-state index in [2.05, 4.69) is 59.5 Å². The highest BCUT2D eigenvalue weighted by Gasteiger charge is 2.18. The van der Waals surface area contributed by atoms with Gasteiger partial charge in [0.1, 0.15) is 0 Å². The van der Waals surface area contributed by atoms with Gasteiger partial charge in [-0.1, -0.05) is 36.4 Å². The molecule has 1 saturated heterocycles. The molecule has 2 aromatic rings. The topological polar surface area (TPSA) is 47.6 Å². The first-order valence-electron chi connectivity index (χ1n) is 10.2. The van der Waals surface area contributed by atoms with Crippen molar-refractivity contribution in [1.82, 2.24) is 15.1 Å². The summed E-state index contributed by atoms with van der Waals surface area (Å²) in [6, 6.07) is 16.6. The Hall–Kier alpha value is -2.37. The van der Waals surface area contributed by atoms with Crippen LogP contribution in [0.5, 0.6) is 0 Å². The van der Waals surface area contributed by atoms with Crippen molar-refractivity contribution >= 4 is 11.7 Å². The molecule has 2 aromatic carbocycles. The average Bonchev–Trinajstić information content (AvgIpc) is 2.69. The van der Waals surface area contributed by atoms with E-state index in [0.29, 0.717) is 12.6 Å². The first-order valence-corrected chi connectivity index (χ1v) is 10.2. The van der Waals surface area contributed by atoms with Crippen molar-refractivity contribution in [2.75, 3.05) is 45.1 Å². The van der Waals surface area contributed by atoms with Crippen LogP contribution in [-0.4, -0.2) is 61.6 Å². The smallest absolute Gasteiger partial charge is 0.319 e. The van der Waals surface area contributed by atoms with Gasteiger partial charge in [-0.3, -0.25) is 4.90 Å². The van der Waals surface area contributed by atoms with Crippen LogP contribution in [0.3, 0.4) is 0 Å². The van der Waals surface area contributed by atoms with Gasteiger partial charge in [-0.25, -0.2) is 4.79 Å². The molecule has 0 radical (unpaired) electrons. The Morgan fingerprint density at radius 2 is 1.82 bits per heavy atom. The number of amides is 2. The van der Waals surface area contributed by atoms with E-state index in [1.54, 1.807) is 0 Å². The van der Waals surface area contributed by atoms with Gasteiger partial charge >= 0.3 is 6.03 Å². The summed E-state index contributed by atoms with van der Waals surface area (Å²) < 4.78 is 0. The average molecular weight is 381 g/mol. The van der Waals surface area contributed by atoms with E-state index in [-0.39, 0.29) is 6.03 Å². The van der Waals surface area contributed by atoms with Crippen LogP contribution >= 0.6 is 0 Å². The second-order valence-corrected chi connectivity index (χ2v) is 7.75. The maximum atomic E-state index is 12.3. The highest BCUT2D eigenvalue weighted by atomic mass is 16.2. The number of nitrogens with one attached hydrogen (secondary N) is 2. The minimum atomic E-state index is -0.146. The molecule has 1 aliphatic rings. The molecule has 0 spiro atoms. The molecule has 0 saturated carbocycles. The van der Waals surface area contributed by atoms with Gasteiger partial charge in [-0.15, -0.1) is 0 Å². The van der Waals surface area contributed by atoms with Crippen molar-refractivity contribution < 1.29 is 4.79 Å². The number of rotatable bonds is 6. The third-order valence-corrected chi connectivity index (χ3v) is 5.59. The van der Waals surface area contributed by atoms with Crippen molar-refractivity contribution in [3.05, 3.63) is 54.1 Å². The molecule has 1 aliphatic heterocycles. The second kappa shape index (κ2) is 9.71. The summed E-state index contributed by atoms with van der Waals surface area (Å²) in [5.41, 5.74) is 4.33. The molecular formula is C23H32N4O. The van der Waals surface area contributed by atoms with Crippen molar-refractivity contribution in [2.24, 2.45) is 0 Å². The molecule has 0 bridgehead atoms. The summed E-state index contributed by atoms with van der Waals surface area (Å²) in [6.07, 6.45) is 0.959.